The Morgan fingerprint density at radius 3 is 2.68 bits per heavy atom. The number of nitrogens with one attached hydrogen (secondary N) is 2. The second kappa shape index (κ2) is 5.77. The molecule has 19 heavy (non-hydrogen) atoms. The second-order valence-corrected chi connectivity index (χ2v) is 5.47. The van der Waals surface area contributed by atoms with Crippen LogP contribution in [0.5, 0.6) is 0 Å². The van der Waals surface area contributed by atoms with Crippen LogP contribution in [-0.2, 0) is 16.6 Å². The summed E-state index contributed by atoms with van der Waals surface area (Å²) in [6.45, 7) is 0.176. The molecule has 0 aromatic carbocycles. The molecule has 6 nitrogen and oxygen atoms in total. The Labute approximate surface area is 112 Å². The van der Waals surface area contributed by atoms with Crippen LogP contribution in [0.2, 0.25) is 0 Å². The van der Waals surface area contributed by atoms with Crippen LogP contribution >= 0.6 is 0 Å². The highest BCUT2D eigenvalue weighted by molar-refractivity contribution is 7.89. The zero-order valence-electron chi connectivity index (χ0n) is 10.4. The molecule has 0 amide bonds. The Morgan fingerprint density at radius 2 is 2.00 bits per heavy atom. The lowest BCUT2D eigenvalue weighted by molar-refractivity contribution is 0.578. The summed E-state index contributed by atoms with van der Waals surface area (Å²) in [5.74, 6) is 0. The Hall–Kier alpha value is -1.99. The van der Waals surface area contributed by atoms with E-state index >= 15 is 0 Å². The summed E-state index contributed by atoms with van der Waals surface area (Å²) in [5, 5.41) is 2.79. The van der Waals surface area contributed by atoms with Crippen molar-refractivity contribution in [1.29, 1.82) is 0 Å². The molecule has 0 aliphatic carbocycles. The molecule has 100 valence electrons. The Bertz CT molecular complexity index is 644. The molecule has 2 N–H and O–H groups in total. The van der Waals surface area contributed by atoms with E-state index in [0.717, 1.165) is 5.56 Å². The van der Waals surface area contributed by atoms with Crippen molar-refractivity contribution < 1.29 is 8.42 Å². The van der Waals surface area contributed by atoms with E-state index in [4.69, 9.17) is 0 Å². The van der Waals surface area contributed by atoms with Crippen molar-refractivity contribution in [2.24, 2.45) is 0 Å². The van der Waals surface area contributed by atoms with E-state index in [-0.39, 0.29) is 11.6 Å². The van der Waals surface area contributed by atoms with Crippen LogP contribution in [0.15, 0.2) is 47.9 Å². The van der Waals surface area contributed by atoms with Crippen molar-refractivity contribution in [3.63, 3.8) is 0 Å². The van der Waals surface area contributed by atoms with Crippen LogP contribution in [0.1, 0.15) is 5.56 Å². The standard InChI is InChI=1S/C12H14N4O2S/c1-13-11-5-3-7-15-12(11)19(17,18)16-9-10-4-2-6-14-8-10/h2-8,13,16H,9H2,1H3. The first-order valence-corrected chi connectivity index (χ1v) is 7.13. The SMILES string of the molecule is CNc1cccnc1S(=O)(=O)NCc1cccnc1. The van der Waals surface area contributed by atoms with Crippen LogP contribution < -0.4 is 10.0 Å². The Balaban J connectivity index is 2.19. The fraction of sp³-hybridized carbons (Fsp3) is 0.167. The highest BCUT2D eigenvalue weighted by Gasteiger charge is 2.19. The molecular formula is C12H14N4O2S. The summed E-state index contributed by atoms with van der Waals surface area (Å²) in [4.78, 5) is 7.83. The van der Waals surface area contributed by atoms with Crippen molar-refractivity contribution >= 4 is 15.7 Å². The smallest absolute Gasteiger partial charge is 0.260 e. The summed E-state index contributed by atoms with van der Waals surface area (Å²) in [5.41, 5.74) is 1.24. The first-order chi connectivity index (χ1) is 9.13. The van der Waals surface area contributed by atoms with Gasteiger partial charge in [0.05, 0.1) is 5.69 Å². The number of hydrogen-bond acceptors (Lipinski definition) is 5. The number of rotatable bonds is 5. The number of nitrogens with zero attached hydrogens (tertiary/aromatic N) is 2. The molecule has 0 unspecified atom stereocenters. The highest BCUT2D eigenvalue weighted by atomic mass is 32.2. The molecule has 2 aromatic rings. The van der Waals surface area contributed by atoms with Crippen molar-refractivity contribution in [2.75, 3.05) is 12.4 Å². The van der Waals surface area contributed by atoms with Gasteiger partial charge >= 0.3 is 0 Å². The summed E-state index contributed by atoms with van der Waals surface area (Å²) in [7, 11) is -2.00. The topological polar surface area (TPSA) is 84.0 Å². The van der Waals surface area contributed by atoms with Crippen LogP contribution in [-0.4, -0.2) is 25.4 Å². The molecule has 0 bridgehead atoms. The third-order valence-electron chi connectivity index (χ3n) is 2.48. The van der Waals surface area contributed by atoms with Gasteiger partial charge in [0, 0.05) is 32.2 Å². The van der Waals surface area contributed by atoms with E-state index in [1.807, 2.05) is 0 Å². The monoisotopic (exact) mass is 278 g/mol. The minimum atomic E-state index is -3.65. The third kappa shape index (κ3) is 3.27. The minimum Gasteiger partial charge on any atom is -0.386 e. The lowest BCUT2D eigenvalue weighted by Crippen LogP contribution is -2.25. The number of hydrogen-bond donors (Lipinski definition) is 2. The van der Waals surface area contributed by atoms with Crippen molar-refractivity contribution in [3.05, 3.63) is 48.4 Å². The maximum absolute atomic E-state index is 12.2. The number of anilines is 1. The van der Waals surface area contributed by atoms with Crippen LogP contribution in [0.4, 0.5) is 5.69 Å². The van der Waals surface area contributed by atoms with E-state index in [1.165, 1.54) is 6.20 Å². The predicted molar refractivity (Wildman–Crippen MR) is 72.0 cm³/mol. The van der Waals surface area contributed by atoms with Gasteiger partial charge < -0.3 is 5.32 Å². The van der Waals surface area contributed by atoms with Crippen molar-refractivity contribution in [3.8, 4) is 0 Å². The van der Waals surface area contributed by atoms with Gasteiger partial charge in [-0.15, -0.1) is 0 Å². The first kappa shape index (κ1) is 13.4. The minimum absolute atomic E-state index is 0.0126. The molecule has 0 saturated carbocycles. The second-order valence-electron chi connectivity index (χ2n) is 3.79. The van der Waals surface area contributed by atoms with Gasteiger partial charge in [0.2, 0.25) is 0 Å². The summed E-state index contributed by atoms with van der Waals surface area (Å²) >= 11 is 0. The molecule has 2 heterocycles. The van der Waals surface area contributed by atoms with E-state index in [9.17, 15) is 8.42 Å². The lowest BCUT2D eigenvalue weighted by Gasteiger charge is -2.09. The Kier molecular flexibility index (Phi) is 4.08. The van der Waals surface area contributed by atoms with E-state index in [1.54, 1.807) is 43.7 Å². The van der Waals surface area contributed by atoms with Crippen LogP contribution in [0.3, 0.4) is 0 Å². The summed E-state index contributed by atoms with van der Waals surface area (Å²) in [6.07, 6.45) is 4.69. The van der Waals surface area contributed by atoms with Crippen molar-refractivity contribution in [2.45, 2.75) is 11.6 Å². The van der Waals surface area contributed by atoms with Crippen LogP contribution in [0.25, 0.3) is 0 Å². The maximum atomic E-state index is 12.2. The maximum Gasteiger partial charge on any atom is 0.260 e. The van der Waals surface area contributed by atoms with Gasteiger partial charge in [-0.05, 0) is 23.8 Å². The van der Waals surface area contributed by atoms with Gasteiger partial charge in [0.15, 0.2) is 5.03 Å². The molecule has 2 rings (SSSR count). The summed E-state index contributed by atoms with van der Waals surface area (Å²) in [6, 6.07) is 6.88. The van der Waals surface area contributed by atoms with Gasteiger partial charge in [-0.1, -0.05) is 6.07 Å². The number of pyridine rings is 2. The molecule has 7 heteroatoms. The number of sulfonamides is 1. The highest BCUT2D eigenvalue weighted by Crippen LogP contribution is 2.17. The van der Waals surface area contributed by atoms with Gasteiger partial charge in [-0.25, -0.2) is 18.1 Å². The van der Waals surface area contributed by atoms with Gasteiger partial charge in [-0.2, -0.15) is 0 Å². The molecule has 0 aliphatic rings. The van der Waals surface area contributed by atoms with E-state index in [0.29, 0.717) is 5.69 Å². The first-order valence-electron chi connectivity index (χ1n) is 5.65. The number of aromatic nitrogens is 2. The molecule has 0 aliphatic heterocycles. The third-order valence-corrected chi connectivity index (χ3v) is 3.84. The van der Waals surface area contributed by atoms with Crippen LogP contribution in [0, 0.1) is 0 Å². The largest absolute Gasteiger partial charge is 0.386 e. The molecular weight excluding hydrogens is 264 g/mol. The summed E-state index contributed by atoms with van der Waals surface area (Å²) < 4.78 is 26.8. The normalized spacial score (nSPS) is 11.2. The van der Waals surface area contributed by atoms with Gasteiger partial charge in [0.1, 0.15) is 0 Å². The fourth-order valence-corrected chi connectivity index (χ4v) is 2.70. The average molecular weight is 278 g/mol. The van der Waals surface area contributed by atoms with E-state index < -0.39 is 10.0 Å². The van der Waals surface area contributed by atoms with Crippen molar-refractivity contribution in [1.82, 2.24) is 14.7 Å². The zero-order chi connectivity index (χ0) is 13.7. The molecule has 0 spiro atoms. The molecule has 2 aromatic heterocycles. The van der Waals surface area contributed by atoms with E-state index in [2.05, 4.69) is 20.0 Å². The molecule has 0 atom stereocenters. The average Bonchev–Trinajstić information content (AvgIpc) is 2.46. The molecule has 0 saturated heterocycles. The molecule has 0 fully saturated rings. The Morgan fingerprint density at radius 1 is 1.21 bits per heavy atom. The van der Waals surface area contributed by atoms with Gasteiger partial charge in [-0.3, -0.25) is 4.98 Å². The quantitative estimate of drug-likeness (QED) is 0.852. The fourth-order valence-electron chi connectivity index (χ4n) is 1.54. The zero-order valence-corrected chi connectivity index (χ0v) is 11.2. The molecule has 0 radical (unpaired) electrons. The predicted octanol–water partition coefficient (Wildman–Crippen LogP) is 0.997. The lowest BCUT2D eigenvalue weighted by atomic mass is 10.3. The van der Waals surface area contributed by atoms with Gasteiger partial charge in [0.25, 0.3) is 10.0 Å².